The molecule has 1 aromatic carbocycles. The highest BCUT2D eigenvalue weighted by Gasteiger charge is 2.44. The van der Waals surface area contributed by atoms with Gasteiger partial charge in [0, 0.05) is 25.0 Å². The summed E-state index contributed by atoms with van der Waals surface area (Å²) >= 11 is 0. The molecule has 5 rings (SSSR count). The maximum atomic E-state index is 12.8. The van der Waals surface area contributed by atoms with E-state index in [0.717, 1.165) is 5.56 Å². The van der Waals surface area contributed by atoms with Gasteiger partial charge >= 0.3 is 0 Å². The van der Waals surface area contributed by atoms with Crippen molar-refractivity contribution in [1.82, 2.24) is 30.0 Å². The zero-order valence-corrected chi connectivity index (χ0v) is 20.4. The lowest BCUT2D eigenvalue weighted by Gasteiger charge is -2.30. The number of hydrogen-bond donors (Lipinski definition) is 3. The average molecular weight is 499 g/mol. The summed E-state index contributed by atoms with van der Waals surface area (Å²) in [6.45, 7) is 7.90. The molecule has 4 heterocycles. The highest BCUT2D eigenvalue weighted by Crippen LogP contribution is 2.38. The quantitative estimate of drug-likeness (QED) is 0.292. The zero-order valence-electron chi connectivity index (χ0n) is 20.4. The lowest BCUT2D eigenvalue weighted by Crippen LogP contribution is -2.39. The minimum atomic E-state index is -0.619. The molecular weight excluding hydrogens is 472 g/mol. The molecule has 0 aliphatic carbocycles. The van der Waals surface area contributed by atoms with Crippen molar-refractivity contribution in [1.29, 1.82) is 0 Å². The predicted octanol–water partition coefficient (Wildman–Crippen LogP) is 3.69. The Hall–Kier alpha value is -4.64. The van der Waals surface area contributed by atoms with Crippen molar-refractivity contribution < 1.29 is 14.3 Å². The van der Waals surface area contributed by atoms with Gasteiger partial charge < -0.3 is 25.1 Å². The topological polar surface area (TPSA) is 142 Å². The molecule has 0 bridgehead atoms. The molecule has 3 aromatic heterocycles. The third kappa shape index (κ3) is 4.52. The molecule has 1 atom stereocenters. The smallest absolute Gasteiger partial charge is 0.258 e. The van der Waals surface area contributed by atoms with E-state index in [1.54, 1.807) is 23.2 Å². The second-order valence-electron chi connectivity index (χ2n) is 8.99. The predicted molar refractivity (Wildman–Crippen MR) is 137 cm³/mol. The largest absolute Gasteiger partial charge is 0.423 e. The van der Waals surface area contributed by atoms with E-state index in [4.69, 9.17) is 4.42 Å². The third-order valence-electron chi connectivity index (χ3n) is 6.28. The molecule has 11 heteroatoms. The molecule has 1 aliphatic heterocycles. The van der Waals surface area contributed by atoms with Crippen LogP contribution in [0.2, 0.25) is 0 Å². The lowest BCUT2D eigenvalue weighted by molar-refractivity contribution is 0.0649. The van der Waals surface area contributed by atoms with Crippen molar-refractivity contribution in [2.24, 2.45) is 0 Å². The maximum Gasteiger partial charge on any atom is 0.258 e. The van der Waals surface area contributed by atoms with Gasteiger partial charge in [0.25, 0.3) is 11.8 Å². The fourth-order valence-corrected chi connectivity index (χ4v) is 4.36. The number of aromatic nitrogens is 5. The van der Waals surface area contributed by atoms with Gasteiger partial charge in [-0.05, 0) is 19.4 Å². The van der Waals surface area contributed by atoms with Crippen LogP contribution in [0.15, 0.2) is 72.3 Å². The summed E-state index contributed by atoms with van der Waals surface area (Å²) < 4.78 is 5.40. The molecule has 0 radical (unpaired) electrons. The van der Waals surface area contributed by atoms with Crippen LogP contribution in [0.25, 0.3) is 11.5 Å². The molecule has 37 heavy (non-hydrogen) atoms. The van der Waals surface area contributed by atoms with E-state index < -0.39 is 11.6 Å². The zero-order chi connectivity index (χ0) is 26.0. The Morgan fingerprint density at radius 2 is 1.97 bits per heavy atom. The van der Waals surface area contributed by atoms with Gasteiger partial charge in [-0.15, -0.1) is 16.8 Å². The van der Waals surface area contributed by atoms with Crippen molar-refractivity contribution in [3.63, 3.8) is 0 Å². The van der Waals surface area contributed by atoms with Crippen molar-refractivity contribution in [2.45, 2.75) is 25.4 Å². The average Bonchev–Trinajstić information content (AvgIpc) is 3.50. The first-order valence-corrected chi connectivity index (χ1v) is 11.7. The van der Waals surface area contributed by atoms with E-state index in [9.17, 15) is 9.90 Å². The second kappa shape index (κ2) is 9.78. The minimum absolute atomic E-state index is 0.129. The highest BCUT2D eigenvalue weighted by atomic mass is 16.4. The van der Waals surface area contributed by atoms with E-state index in [1.807, 2.05) is 44.2 Å². The number of pyridine rings is 1. The van der Waals surface area contributed by atoms with Crippen molar-refractivity contribution in [3.05, 3.63) is 84.7 Å². The first-order valence-electron chi connectivity index (χ1n) is 11.7. The van der Waals surface area contributed by atoms with Crippen LogP contribution in [0.3, 0.4) is 0 Å². The van der Waals surface area contributed by atoms with Gasteiger partial charge in [-0.3, -0.25) is 4.79 Å². The monoisotopic (exact) mass is 498 g/mol. The Bertz CT molecular complexity index is 1420. The standard InChI is InChI=1S/C26H26N8O3/c1-4-10-34-24(36)18-13-28-25(32-22(18)26(34,2)3)31-21-11-19(17(12-27-21)23-33-29-15-37-23)30-20(14-35)16-8-6-5-7-9-16/h4-9,11-13,15,20,35H,1,10,14H2,2-3H3,(H2,27,28,30,31,32)/t20-/m1/s1. The molecule has 3 N–H and O–H groups in total. The number of anilines is 3. The van der Waals surface area contributed by atoms with Gasteiger partial charge in [-0.2, -0.15) is 0 Å². The highest BCUT2D eigenvalue weighted by molar-refractivity contribution is 5.99. The van der Waals surface area contributed by atoms with E-state index in [0.29, 0.717) is 40.8 Å². The van der Waals surface area contributed by atoms with Crippen LogP contribution in [0.4, 0.5) is 17.5 Å². The molecule has 0 spiro atoms. The number of hydrogen-bond acceptors (Lipinski definition) is 10. The number of nitrogens with one attached hydrogen (secondary N) is 2. The number of nitrogens with zero attached hydrogens (tertiary/aromatic N) is 6. The summed E-state index contributed by atoms with van der Waals surface area (Å²) in [7, 11) is 0. The Kier molecular flexibility index (Phi) is 6.36. The summed E-state index contributed by atoms with van der Waals surface area (Å²) in [4.78, 5) is 28.0. The number of amides is 1. The number of rotatable bonds is 9. The fourth-order valence-electron chi connectivity index (χ4n) is 4.36. The van der Waals surface area contributed by atoms with E-state index in [2.05, 4.69) is 42.4 Å². The van der Waals surface area contributed by atoms with Gasteiger partial charge in [0.05, 0.1) is 40.7 Å². The second-order valence-corrected chi connectivity index (χ2v) is 8.99. The Labute approximate surface area is 213 Å². The molecule has 1 aliphatic rings. The Balaban J connectivity index is 1.47. The normalized spacial score (nSPS) is 14.8. The van der Waals surface area contributed by atoms with Crippen LogP contribution in [0, 0.1) is 0 Å². The summed E-state index contributed by atoms with van der Waals surface area (Å²) in [5.74, 6) is 0.893. The van der Waals surface area contributed by atoms with Crippen molar-refractivity contribution >= 4 is 23.4 Å². The SMILES string of the molecule is C=CCN1C(=O)c2cnc(Nc3cc(N[C@H](CO)c4ccccc4)c(-c4nnco4)cn3)nc2C1(C)C. The number of carbonyl (C=O) groups excluding carboxylic acids is 1. The Morgan fingerprint density at radius 3 is 2.68 bits per heavy atom. The molecule has 0 saturated heterocycles. The van der Waals surface area contributed by atoms with E-state index in [-0.39, 0.29) is 18.4 Å². The maximum absolute atomic E-state index is 12.8. The van der Waals surface area contributed by atoms with Crippen LogP contribution in [-0.4, -0.2) is 54.2 Å². The first kappa shape index (κ1) is 24.1. The molecule has 0 fully saturated rings. The first-order chi connectivity index (χ1) is 17.9. The molecule has 1 amide bonds. The van der Waals surface area contributed by atoms with E-state index >= 15 is 0 Å². The van der Waals surface area contributed by atoms with Crippen molar-refractivity contribution in [3.8, 4) is 11.5 Å². The van der Waals surface area contributed by atoms with Gasteiger partial charge in [-0.1, -0.05) is 36.4 Å². The Morgan fingerprint density at radius 1 is 1.19 bits per heavy atom. The number of aliphatic hydroxyl groups excluding tert-OH is 1. The molecule has 0 saturated carbocycles. The number of aliphatic hydroxyl groups is 1. The number of benzene rings is 1. The van der Waals surface area contributed by atoms with Crippen LogP contribution in [0.5, 0.6) is 0 Å². The third-order valence-corrected chi connectivity index (χ3v) is 6.28. The van der Waals surface area contributed by atoms with Gasteiger partial charge in [0.1, 0.15) is 5.82 Å². The van der Waals surface area contributed by atoms with Crippen LogP contribution in [0.1, 0.15) is 41.5 Å². The van der Waals surface area contributed by atoms with Crippen LogP contribution >= 0.6 is 0 Å². The van der Waals surface area contributed by atoms with Gasteiger partial charge in [0.15, 0.2) is 0 Å². The van der Waals surface area contributed by atoms with E-state index in [1.165, 1.54) is 12.6 Å². The summed E-state index contributed by atoms with van der Waals surface area (Å²) in [5.41, 5.74) is 2.56. The number of carbonyl (C=O) groups is 1. The van der Waals surface area contributed by atoms with Gasteiger partial charge in [-0.25, -0.2) is 15.0 Å². The van der Waals surface area contributed by atoms with Gasteiger partial charge in [0.2, 0.25) is 12.3 Å². The lowest BCUT2D eigenvalue weighted by atomic mass is 10.0. The fraction of sp³-hybridized carbons (Fsp3) is 0.231. The molecule has 0 unspecified atom stereocenters. The molecule has 11 nitrogen and oxygen atoms in total. The molecule has 4 aromatic rings. The molecular formula is C26H26N8O3. The molecule has 188 valence electrons. The van der Waals surface area contributed by atoms with Crippen LogP contribution in [-0.2, 0) is 5.54 Å². The summed E-state index contributed by atoms with van der Waals surface area (Å²) in [5, 5.41) is 24.3. The minimum Gasteiger partial charge on any atom is -0.423 e. The summed E-state index contributed by atoms with van der Waals surface area (Å²) in [6, 6.07) is 10.9. The number of fused-ring (bicyclic) bond motifs is 1. The summed E-state index contributed by atoms with van der Waals surface area (Å²) in [6.07, 6.45) is 6.05. The van der Waals surface area contributed by atoms with Crippen LogP contribution < -0.4 is 10.6 Å². The van der Waals surface area contributed by atoms with Crippen molar-refractivity contribution in [2.75, 3.05) is 23.8 Å².